The van der Waals surface area contributed by atoms with Gasteiger partial charge >= 0.3 is 5.97 Å². The van der Waals surface area contributed by atoms with Crippen LogP contribution in [0.3, 0.4) is 0 Å². The molecule has 0 fully saturated rings. The molecule has 23 heavy (non-hydrogen) atoms. The molecule has 0 aliphatic rings. The van der Waals surface area contributed by atoms with Gasteiger partial charge in [0.2, 0.25) is 0 Å². The summed E-state index contributed by atoms with van der Waals surface area (Å²) in [6.45, 7) is 1.56. The maximum absolute atomic E-state index is 12.9. The van der Waals surface area contributed by atoms with Crippen LogP contribution in [0.5, 0.6) is 0 Å². The maximum Gasteiger partial charge on any atom is 0.332 e. The van der Waals surface area contributed by atoms with Crippen molar-refractivity contribution in [2.45, 2.75) is 6.92 Å². The smallest absolute Gasteiger partial charge is 0.332 e. The molecule has 2 rings (SSSR count). The van der Waals surface area contributed by atoms with Crippen LogP contribution in [0.2, 0.25) is 0 Å². The molecule has 0 atom stereocenters. The van der Waals surface area contributed by atoms with Crippen LogP contribution >= 0.6 is 11.3 Å². The van der Waals surface area contributed by atoms with E-state index in [0.717, 1.165) is 5.56 Å². The van der Waals surface area contributed by atoms with E-state index < -0.39 is 18.5 Å². The van der Waals surface area contributed by atoms with E-state index in [1.54, 1.807) is 24.4 Å². The first-order valence-electron chi connectivity index (χ1n) is 6.83. The highest BCUT2D eigenvalue weighted by atomic mass is 32.1. The number of aromatic nitrogens is 1. The molecular weight excluding hydrogens is 323 g/mol. The molecule has 1 heterocycles. The Bertz CT molecular complexity index is 672. The molecule has 0 saturated heterocycles. The van der Waals surface area contributed by atoms with Gasteiger partial charge in [-0.3, -0.25) is 10.1 Å². The van der Waals surface area contributed by atoms with Crippen LogP contribution in [0.15, 0.2) is 29.6 Å². The summed E-state index contributed by atoms with van der Waals surface area (Å²) in [7, 11) is 0. The highest BCUT2D eigenvalue weighted by Crippen LogP contribution is 2.24. The SMILES string of the molecule is CCOCC(=O)OCC(=O)Nc1nc(-c2ccc(F)cc2)cs1. The molecule has 1 N–H and O–H groups in total. The number of hydrogen-bond donors (Lipinski definition) is 1. The van der Waals surface area contributed by atoms with Crippen molar-refractivity contribution in [3.63, 3.8) is 0 Å². The Morgan fingerprint density at radius 3 is 2.70 bits per heavy atom. The van der Waals surface area contributed by atoms with Crippen molar-refractivity contribution < 1.29 is 23.5 Å². The molecule has 6 nitrogen and oxygen atoms in total. The van der Waals surface area contributed by atoms with Gasteiger partial charge in [0.25, 0.3) is 5.91 Å². The predicted octanol–water partition coefficient (Wildman–Crippen LogP) is 2.47. The van der Waals surface area contributed by atoms with E-state index in [2.05, 4.69) is 10.3 Å². The molecule has 1 aromatic heterocycles. The molecule has 0 spiro atoms. The predicted molar refractivity (Wildman–Crippen MR) is 83.6 cm³/mol. The van der Waals surface area contributed by atoms with Gasteiger partial charge in [0.1, 0.15) is 12.4 Å². The molecule has 0 radical (unpaired) electrons. The fourth-order valence-corrected chi connectivity index (χ4v) is 2.35. The summed E-state index contributed by atoms with van der Waals surface area (Å²) in [5, 5.41) is 4.64. The molecule has 2 aromatic rings. The molecule has 0 aliphatic carbocycles. The standard InChI is InChI=1S/C15H15FN2O4S/c1-2-21-8-14(20)22-7-13(19)18-15-17-12(9-23-15)10-3-5-11(16)6-4-10/h3-6,9H,2,7-8H2,1H3,(H,17,18,19). The van der Waals surface area contributed by atoms with E-state index in [4.69, 9.17) is 9.47 Å². The van der Waals surface area contributed by atoms with Gasteiger partial charge < -0.3 is 9.47 Å². The van der Waals surface area contributed by atoms with Gasteiger partial charge in [-0.05, 0) is 31.2 Å². The number of benzene rings is 1. The zero-order valence-corrected chi connectivity index (χ0v) is 13.2. The topological polar surface area (TPSA) is 77.5 Å². The Labute approximate surface area is 136 Å². The number of esters is 1. The fraction of sp³-hybridized carbons (Fsp3) is 0.267. The minimum Gasteiger partial charge on any atom is -0.454 e. The lowest BCUT2D eigenvalue weighted by molar-refractivity contribution is -0.151. The first-order valence-corrected chi connectivity index (χ1v) is 7.71. The molecule has 0 bridgehead atoms. The van der Waals surface area contributed by atoms with Crippen molar-refractivity contribution in [1.29, 1.82) is 0 Å². The lowest BCUT2D eigenvalue weighted by Crippen LogP contribution is -2.22. The number of thiazole rings is 1. The first kappa shape index (κ1) is 17.0. The van der Waals surface area contributed by atoms with E-state index in [1.165, 1.54) is 23.5 Å². The molecular formula is C15H15FN2O4S. The van der Waals surface area contributed by atoms with Gasteiger partial charge in [0, 0.05) is 17.6 Å². The average molecular weight is 338 g/mol. The largest absolute Gasteiger partial charge is 0.454 e. The van der Waals surface area contributed by atoms with Crippen LogP contribution in [0.25, 0.3) is 11.3 Å². The van der Waals surface area contributed by atoms with Gasteiger partial charge in [0.15, 0.2) is 11.7 Å². The van der Waals surface area contributed by atoms with Crippen LogP contribution in [0.1, 0.15) is 6.92 Å². The third-order valence-corrected chi connectivity index (χ3v) is 3.44. The second-order valence-corrected chi connectivity index (χ2v) is 5.25. The van der Waals surface area contributed by atoms with Crippen LogP contribution in [0.4, 0.5) is 9.52 Å². The third kappa shape index (κ3) is 5.42. The molecule has 0 unspecified atom stereocenters. The lowest BCUT2D eigenvalue weighted by atomic mass is 10.2. The maximum atomic E-state index is 12.9. The molecule has 0 aliphatic heterocycles. The van der Waals surface area contributed by atoms with Gasteiger partial charge in [0.05, 0.1) is 5.69 Å². The van der Waals surface area contributed by atoms with Crippen LogP contribution in [-0.2, 0) is 19.1 Å². The first-order chi connectivity index (χ1) is 11.1. The number of carbonyl (C=O) groups is 2. The Morgan fingerprint density at radius 1 is 1.26 bits per heavy atom. The zero-order chi connectivity index (χ0) is 16.7. The highest BCUT2D eigenvalue weighted by Gasteiger charge is 2.11. The second kappa shape index (κ2) is 8.35. The summed E-state index contributed by atoms with van der Waals surface area (Å²) in [6, 6.07) is 5.88. The summed E-state index contributed by atoms with van der Waals surface area (Å²) in [5.41, 5.74) is 1.37. The lowest BCUT2D eigenvalue weighted by Gasteiger charge is -2.04. The number of rotatable bonds is 7. The van der Waals surface area contributed by atoms with Crippen molar-refractivity contribution in [1.82, 2.24) is 4.98 Å². The number of hydrogen-bond acceptors (Lipinski definition) is 6. The van der Waals surface area contributed by atoms with Gasteiger partial charge in [-0.2, -0.15) is 0 Å². The van der Waals surface area contributed by atoms with Crippen LogP contribution < -0.4 is 5.32 Å². The summed E-state index contributed by atoms with van der Waals surface area (Å²) in [5.74, 6) is -1.42. The van der Waals surface area contributed by atoms with E-state index in [0.29, 0.717) is 17.4 Å². The van der Waals surface area contributed by atoms with Crippen molar-refractivity contribution in [2.24, 2.45) is 0 Å². The molecule has 1 amide bonds. The molecule has 1 aromatic carbocycles. The van der Waals surface area contributed by atoms with Crippen molar-refractivity contribution >= 4 is 28.3 Å². The summed E-state index contributed by atoms with van der Waals surface area (Å²) >= 11 is 1.22. The van der Waals surface area contributed by atoms with Gasteiger partial charge in [-0.25, -0.2) is 14.2 Å². The Morgan fingerprint density at radius 2 is 2.00 bits per heavy atom. The second-order valence-electron chi connectivity index (χ2n) is 4.39. The number of carbonyl (C=O) groups excluding carboxylic acids is 2. The van der Waals surface area contributed by atoms with E-state index >= 15 is 0 Å². The van der Waals surface area contributed by atoms with Crippen LogP contribution in [0, 0.1) is 5.82 Å². The van der Waals surface area contributed by atoms with E-state index in [-0.39, 0.29) is 12.4 Å². The molecule has 122 valence electrons. The minimum absolute atomic E-state index is 0.185. The number of halogens is 1. The molecule has 8 heteroatoms. The van der Waals surface area contributed by atoms with Crippen molar-refractivity contribution in [3.05, 3.63) is 35.5 Å². The summed E-state index contributed by atoms with van der Waals surface area (Å²) in [6.07, 6.45) is 0. The Hall–Kier alpha value is -2.32. The summed E-state index contributed by atoms with van der Waals surface area (Å²) in [4.78, 5) is 27.1. The number of ether oxygens (including phenoxy) is 2. The van der Waals surface area contributed by atoms with Gasteiger partial charge in [-0.1, -0.05) is 0 Å². The van der Waals surface area contributed by atoms with Crippen molar-refractivity contribution in [3.8, 4) is 11.3 Å². The van der Waals surface area contributed by atoms with Crippen molar-refractivity contribution in [2.75, 3.05) is 25.1 Å². The zero-order valence-electron chi connectivity index (χ0n) is 12.4. The number of amides is 1. The minimum atomic E-state index is -0.604. The Kier molecular flexibility index (Phi) is 6.19. The number of nitrogens with zero attached hydrogens (tertiary/aromatic N) is 1. The summed E-state index contributed by atoms with van der Waals surface area (Å²) < 4.78 is 22.5. The number of nitrogens with one attached hydrogen (secondary N) is 1. The normalized spacial score (nSPS) is 10.3. The average Bonchev–Trinajstić information content (AvgIpc) is 3.00. The van der Waals surface area contributed by atoms with E-state index in [1.807, 2.05) is 0 Å². The van der Waals surface area contributed by atoms with E-state index in [9.17, 15) is 14.0 Å². The number of anilines is 1. The highest BCUT2D eigenvalue weighted by molar-refractivity contribution is 7.14. The van der Waals surface area contributed by atoms with Gasteiger partial charge in [-0.15, -0.1) is 11.3 Å². The monoisotopic (exact) mass is 338 g/mol. The third-order valence-electron chi connectivity index (χ3n) is 2.68. The van der Waals surface area contributed by atoms with Crippen LogP contribution in [-0.4, -0.2) is 36.7 Å². The Balaban J connectivity index is 1.85. The molecule has 0 saturated carbocycles. The quantitative estimate of drug-likeness (QED) is 0.785. The fourth-order valence-electron chi connectivity index (χ4n) is 1.61.